The molecule has 4 heterocycles. The van der Waals surface area contributed by atoms with Crippen LogP contribution in [0.5, 0.6) is 0 Å². The smallest absolute Gasteiger partial charge is 0.170 e. The average Bonchev–Trinajstić information content (AvgIpc) is 3.19. The van der Waals surface area contributed by atoms with Crippen molar-refractivity contribution in [1.82, 2.24) is 24.8 Å². The van der Waals surface area contributed by atoms with Crippen molar-refractivity contribution >= 4 is 17.3 Å². The van der Waals surface area contributed by atoms with Gasteiger partial charge in [-0.25, -0.2) is 4.98 Å². The van der Waals surface area contributed by atoms with E-state index in [1.807, 2.05) is 42.7 Å². The van der Waals surface area contributed by atoms with Crippen molar-refractivity contribution in [3.8, 4) is 5.82 Å². The van der Waals surface area contributed by atoms with Crippen molar-refractivity contribution < 1.29 is 0 Å². The SMILES string of the molecule is CCCN1C(=S)N[C@@H](c2ccccn2)[C@H]1c1cc(C)n(-c2ccccn2)c1C. The Hall–Kier alpha value is -2.73. The van der Waals surface area contributed by atoms with Crippen LogP contribution in [0.25, 0.3) is 5.82 Å². The Bertz CT molecular complexity index is 967. The van der Waals surface area contributed by atoms with E-state index in [9.17, 15) is 0 Å². The third kappa shape index (κ3) is 3.18. The summed E-state index contributed by atoms with van der Waals surface area (Å²) in [4.78, 5) is 11.5. The minimum absolute atomic E-state index is 0.0259. The van der Waals surface area contributed by atoms with Crippen LogP contribution >= 0.6 is 12.2 Å². The van der Waals surface area contributed by atoms with Gasteiger partial charge in [-0.1, -0.05) is 19.1 Å². The van der Waals surface area contributed by atoms with Gasteiger partial charge in [0.05, 0.1) is 17.8 Å². The zero-order valence-electron chi connectivity index (χ0n) is 16.5. The van der Waals surface area contributed by atoms with Gasteiger partial charge in [-0.2, -0.15) is 0 Å². The molecule has 144 valence electrons. The molecule has 0 amide bonds. The van der Waals surface area contributed by atoms with Crippen molar-refractivity contribution in [1.29, 1.82) is 0 Å². The lowest BCUT2D eigenvalue weighted by Gasteiger charge is -2.27. The number of nitrogens with one attached hydrogen (secondary N) is 1. The van der Waals surface area contributed by atoms with E-state index < -0.39 is 0 Å². The topological polar surface area (TPSA) is 46.0 Å². The normalized spacial score (nSPS) is 19.1. The average molecular weight is 392 g/mol. The largest absolute Gasteiger partial charge is 0.352 e. The van der Waals surface area contributed by atoms with Gasteiger partial charge < -0.3 is 14.8 Å². The van der Waals surface area contributed by atoms with Crippen molar-refractivity contribution in [2.75, 3.05) is 6.54 Å². The molecule has 1 aliphatic rings. The van der Waals surface area contributed by atoms with Crippen molar-refractivity contribution in [3.05, 3.63) is 77.5 Å². The molecule has 0 aromatic carbocycles. The standard InChI is InChI=1S/C22H25N5S/c1-4-13-26-21(20(25-22(26)28)18-9-5-7-11-23-18)17-14-15(2)27(16(17)3)19-10-6-8-12-24-19/h5-12,14,20-21H,4,13H2,1-3H3,(H,25,28)/t20-,21+/m0/s1. The van der Waals surface area contributed by atoms with E-state index in [1.54, 1.807) is 0 Å². The van der Waals surface area contributed by atoms with Crippen LogP contribution < -0.4 is 5.32 Å². The first-order valence-electron chi connectivity index (χ1n) is 9.70. The minimum atomic E-state index is 0.0259. The van der Waals surface area contributed by atoms with Crippen LogP contribution in [0.1, 0.15) is 48.1 Å². The van der Waals surface area contributed by atoms with Crippen LogP contribution in [0.4, 0.5) is 0 Å². The lowest BCUT2D eigenvalue weighted by molar-refractivity contribution is 0.316. The second kappa shape index (κ2) is 7.72. The fourth-order valence-corrected chi connectivity index (χ4v) is 4.48. The van der Waals surface area contributed by atoms with E-state index in [0.29, 0.717) is 0 Å². The molecule has 4 rings (SSSR count). The monoisotopic (exact) mass is 391 g/mol. The quantitative estimate of drug-likeness (QED) is 0.658. The number of hydrogen-bond acceptors (Lipinski definition) is 3. The molecule has 3 aromatic rings. The maximum Gasteiger partial charge on any atom is 0.170 e. The summed E-state index contributed by atoms with van der Waals surface area (Å²) in [6, 6.07) is 14.5. The molecule has 1 N–H and O–H groups in total. The Balaban J connectivity index is 1.83. The zero-order valence-corrected chi connectivity index (χ0v) is 17.3. The molecule has 6 heteroatoms. The van der Waals surface area contributed by atoms with Gasteiger partial charge in [0.25, 0.3) is 0 Å². The highest BCUT2D eigenvalue weighted by Crippen LogP contribution is 2.41. The van der Waals surface area contributed by atoms with Crippen molar-refractivity contribution in [3.63, 3.8) is 0 Å². The Morgan fingerprint density at radius 2 is 1.82 bits per heavy atom. The number of rotatable bonds is 5. The molecule has 2 atom stereocenters. The Kier molecular flexibility index (Phi) is 5.13. The third-order valence-electron chi connectivity index (χ3n) is 5.33. The Morgan fingerprint density at radius 3 is 2.46 bits per heavy atom. The molecule has 0 unspecified atom stereocenters. The second-order valence-corrected chi connectivity index (χ2v) is 7.56. The first-order valence-corrected chi connectivity index (χ1v) is 10.1. The molecule has 0 bridgehead atoms. The van der Waals surface area contributed by atoms with Crippen molar-refractivity contribution in [2.24, 2.45) is 0 Å². The highest BCUT2D eigenvalue weighted by molar-refractivity contribution is 7.80. The first kappa shape index (κ1) is 18.6. The summed E-state index contributed by atoms with van der Waals surface area (Å²) >= 11 is 5.70. The highest BCUT2D eigenvalue weighted by atomic mass is 32.1. The zero-order chi connectivity index (χ0) is 19.7. The summed E-state index contributed by atoms with van der Waals surface area (Å²) in [6.45, 7) is 7.39. The maximum atomic E-state index is 5.70. The van der Waals surface area contributed by atoms with Gasteiger partial charge in [-0.3, -0.25) is 4.98 Å². The van der Waals surface area contributed by atoms with Gasteiger partial charge in [-0.15, -0.1) is 0 Å². The lowest BCUT2D eigenvalue weighted by Crippen LogP contribution is -2.30. The van der Waals surface area contributed by atoms with Crippen LogP contribution in [-0.2, 0) is 0 Å². The third-order valence-corrected chi connectivity index (χ3v) is 5.68. The number of nitrogens with zero attached hydrogens (tertiary/aromatic N) is 4. The molecular weight excluding hydrogens is 366 g/mol. The fraction of sp³-hybridized carbons (Fsp3) is 0.318. The molecule has 0 spiro atoms. The van der Waals surface area contributed by atoms with E-state index in [-0.39, 0.29) is 12.1 Å². The van der Waals surface area contributed by atoms with E-state index in [4.69, 9.17) is 12.2 Å². The molecule has 0 radical (unpaired) electrons. The Morgan fingerprint density at radius 1 is 1.07 bits per heavy atom. The number of aromatic nitrogens is 3. The molecular formula is C22H25N5S. The van der Waals surface area contributed by atoms with Gasteiger partial charge in [0.2, 0.25) is 0 Å². The predicted molar refractivity (Wildman–Crippen MR) is 115 cm³/mol. The van der Waals surface area contributed by atoms with Gasteiger partial charge in [0.1, 0.15) is 5.82 Å². The molecule has 0 aliphatic carbocycles. The first-order chi connectivity index (χ1) is 13.6. The van der Waals surface area contributed by atoms with Gasteiger partial charge in [0.15, 0.2) is 5.11 Å². The summed E-state index contributed by atoms with van der Waals surface area (Å²) in [7, 11) is 0. The second-order valence-electron chi connectivity index (χ2n) is 7.17. The summed E-state index contributed by atoms with van der Waals surface area (Å²) in [5.74, 6) is 0.939. The van der Waals surface area contributed by atoms with E-state index >= 15 is 0 Å². The fourth-order valence-electron chi connectivity index (χ4n) is 4.15. The number of thiocarbonyl (C=S) groups is 1. The van der Waals surface area contributed by atoms with Crippen LogP contribution in [-0.4, -0.2) is 31.1 Å². The molecule has 28 heavy (non-hydrogen) atoms. The molecule has 1 aliphatic heterocycles. The van der Waals surface area contributed by atoms with Gasteiger partial charge >= 0.3 is 0 Å². The minimum Gasteiger partial charge on any atom is -0.352 e. The van der Waals surface area contributed by atoms with E-state index in [0.717, 1.165) is 29.6 Å². The summed E-state index contributed by atoms with van der Waals surface area (Å²) < 4.78 is 2.22. The van der Waals surface area contributed by atoms with Crippen LogP contribution in [0, 0.1) is 13.8 Å². The highest BCUT2D eigenvalue weighted by Gasteiger charge is 2.40. The number of hydrogen-bond donors (Lipinski definition) is 1. The molecule has 5 nitrogen and oxygen atoms in total. The van der Waals surface area contributed by atoms with Crippen LogP contribution in [0.2, 0.25) is 0 Å². The summed E-state index contributed by atoms with van der Waals surface area (Å²) in [5.41, 5.74) is 4.63. The van der Waals surface area contributed by atoms with Gasteiger partial charge in [0, 0.05) is 30.3 Å². The molecule has 1 fully saturated rings. The summed E-state index contributed by atoms with van der Waals surface area (Å²) in [6.07, 6.45) is 4.71. The predicted octanol–water partition coefficient (Wildman–Crippen LogP) is 4.27. The molecule has 3 aromatic heterocycles. The van der Waals surface area contributed by atoms with Crippen molar-refractivity contribution in [2.45, 2.75) is 39.3 Å². The Labute approximate surface area is 171 Å². The number of aryl methyl sites for hydroxylation is 1. The van der Waals surface area contributed by atoms with Crippen LogP contribution in [0.15, 0.2) is 54.9 Å². The van der Waals surface area contributed by atoms with Crippen LogP contribution in [0.3, 0.4) is 0 Å². The van der Waals surface area contributed by atoms with Gasteiger partial charge in [-0.05, 0) is 68.4 Å². The van der Waals surface area contributed by atoms with E-state index in [1.165, 1.54) is 17.0 Å². The molecule has 1 saturated heterocycles. The maximum absolute atomic E-state index is 5.70. The molecule has 0 saturated carbocycles. The van der Waals surface area contributed by atoms with E-state index in [2.05, 4.69) is 57.7 Å². The lowest BCUT2D eigenvalue weighted by atomic mass is 9.96. The summed E-state index contributed by atoms with van der Waals surface area (Å²) in [5, 5.41) is 4.32. The number of pyridine rings is 2.